The molecule has 0 aliphatic carbocycles. The number of anilines is 1. The molecule has 1 aliphatic heterocycles. The third-order valence-electron chi connectivity index (χ3n) is 4.81. The minimum absolute atomic E-state index is 0.0668. The lowest BCUT2D eigenvalue weighted by atomic mass is 10.1. The van der Waals surface area contributed by atoms with Crippen LogP contribution in [0.15, 0.2) is 18.2 Å². The van der Waals surface area contributed by atoms with Crippen LogP contribution in [0, 0.1) is 19.8 Å². The number of likely N-dealkylation sites (N-methyl/N-ethyl adjacent to an activating group) is 1. The highest BCUT2D eigenvalue weighted by Crippen LogP contribution is 2.18. The van der Waals surface area contributed by atoms with Gasteiger partial charge in [0.2, 0.25) is 0 Å². The van der Waals surface area contributed by atoms with Gasteiger partial charge in [0.05, 0.1) is 20.2 Å². The van der Waals surface area contributed by atoms with Crippen molar-refractivity contribution in [3.8, 4) is 0 Å². The van der Waals surface area contributed by atoms with E-state index in [9.17, 15) is 4.79 Å². The van der Waals surface area contributed by atoms with Gasteiger partial charge in [-0.2, -0.15) is 0 Å². The largest absolute Gasteiger partial charge is 0.361 e. The second-order valence-electron chi connectivity index (χ2n) is 7.95. The normalized spacial score (nSPS) is 22.0. The molecule has 0 aromatic heterocycles. The van der Waals surface area contributed by atoms with Crippen molar-refractivity contribution in [2.24, 2.45) is 5.92 Å². The van der Waals surface area contributed by atoms with Gasteiger partial charge in [-0.05, 0) is 25.0 Å². The molecule has 1 heterocycles. The smallest absolute Gasteiger partial charge is 0.279 e. The molecule has 1 saturated heterocycles. The molecule has 25 heavy (non-hydrogen) atoms. The van der Waals surface area contributed by atoms with Crippen molar-refractivity contribution in [2.45, 2.75) is 33.8 Å². The monoisotopic (exact) mass is 349 g/mol. The maximum absolute atomic E-state index is 12.4. The van der Waals surface area contributed by atoms with Gasteiger partial charge >= 0.3 is 0 Å². The molecule has 1 amide bonds. The Bertz CT molecular complexity index is 554. The van der Waals surface area contributed by atoms with E-state index in [2.05, 4.69) is 26.2 Å². The lowest BCUT2D eigenvalue weighted by Crippen LogP contribution is -3.18. The van der Waals surface area contributed by atoms with Crippen molar-refractivity contribution in [1.29, 1.82) is 0 Å². The summed E-state index contributed by atoms with van der Waals surface area (Å²) in [7, 11) is 2.07. The number of nitrogens with one attached hydrogen (secondary N) is 3. The lowest BCUT2D eigenvalue weighted by molar-refractivity contribution is -0.926. The molecule has 3 atom stereocenters. The van der Waals surface area contributed by atoms with Gasteiger partial charge in [0.25, 0.3) is 5.91 Å². The zero-order valence-corrected chi connectivity index (χ0v) is 16.4. The van der Waals surface area contributed by atoms with Crippen LogP contribution in [-0.2, 0) is 9.53 Å². The number of aryl methyl sites for hydroxylation is 2. The Balaban J connectivity index is 1.81. The Morgan fingerprint density at radius 2 is 2.04 bits per heavy atom. The van der Waals surface area contributed by atoms with E-state index in [-0.39, 0.29) is 12.0 Å². The molecule has 1 aromatic rings. The molecule has 1 fully saturated rings. The molecule has 2 unspecified atom stereocenters. The van der Waals surface area contributed by atoms with Crippen molar-refractivity contribution in [1.82, 2.24) is 0 Å². The Morgan fingerprint density at radius 1 is 1.36 bits per heavy atom. The number of morpholine rings is 1. The Hall–Kier alpha value is -1.43. The summed E-state index contributed by atoms with van der Waals surface area (Å²) in [5.74, 6) is 0.777. The SMILES string of the molecule is Cc1cccc(C)c1NC(=O)C[NH+](C)C[C@@H]1C[NH+](CC(C)C)CCO1. The maximum Gasteiger partial charge on any atom is 0.279 e. The number of ether oxygens (including phenoxy) is 1. The fourth-order valence-electron chi connectivity index (χ4n) is 3.68. The van der Waals surface area contributed by atoms with E-state index in [1.165, 1.54) is 11.4 Å². The minimum atomic E-state index is 0.0668. The van der Waals surface area contributed by atoms with Crippen molar-refractivity contribution < 1.29 is 19.3 Å². The van der Waals surface area contributed by atoms with Crippen LogP contribution in [-0.4, -0.2) is 58.4 Å². The van der Waals surface area contributed by atoms with Gasteiger partial charge in [0, 0.05) is 11.6 Å². The van der Waals surface area contributed by atoms with Crippen LogP contribution in [0.5, 0.6) is 0 Å². The van der Waals surface area contributed by atoms with E-state index in [1.807, 2.05) is 32.0 Å². The van der Waals surface area contributed by atoms with Crippen molar-refractivity contribution >= 4 is 11.6 Å². The second-order valence-corrected chi connectivity index (χ2v) is 7.95. The third-order valence-corrected chi connectivity index (χ3v) is 4.81. The number of para-hydroxylation sites is 1. The number of rotatable bonds is 7. The number of benzene rings is 1. The summed E-state index contributed by atoms with van der Waals surface area (Å²) in [5, 5.41) is 3.08. The van der Waals surface area contributed by atoms with E-state index in [0.717, 1.165) is 43.1 Å². The number of carbonyl (C=O) groups excluding carboxylic acids is 1. The van der Waals surface area contributed by atoms with Gasteiger partial charge < -0.3 is 19.9 Å². The first-order chi connectivity index (χ1) is 11.8. The lowest BCUT2D eigenvalue weighted by Gasteiger charge is -2.31. The summed E-state index contributed by atoms with van der Waals surface area (Å²) in [6.45, 7) is 14.1. The van der Waals surface area contributed by atoms with Gasteiger partial charge in [-0.15, -0.1) is 0 Å². The molecule has 140 valence electrons. The number of hydrogen-bond acceptors (Lipinski definition) is 2. The molecule has 0 radical (unpaired) electrons. The molecular weight excluding hydrogens is 314 g/mol. The summed E-state index contributed by atoms with van der Waals surface area (Å²) >= 11 is 0. The Labute approximate surface area is 152 Å². The fraction of sp³-hybridized carbons (Fsp3) is 0.650. The van der Waals surface area contributed by atoms with Crippen LogP contribution in [0.1, 0.15) is 25.0 Å². The van der Waals surface area contributed by atoms with E-state index in [4.69, 9.17) is 4.74 Å². The van der Waals surface area contributed by atoms with Crippen LogP contribution >= 0.6 is 0 Å². The zero-order valence-electron chi connectivity index (χ0n) is 16.4. The Kier molecular flexibility index (Phi) is 7.41. The van der Waals surface area contributed by atoms with Crippen LogP contribution < -0.4 is 15.1 Å². The van der Waals surface area contributed by atoms with Gasteiger partial charge in [-0.3, -0.25) is 4.79 Å². The van der Waals surface area contributed by atoms with Gasteiger partial charge in [0.1, 0.15) is 19.6 Å². The summed E-state index contributed by atoms with van der Waals surface area (Å²) in [6, 6.07) is 6.08. The summed E-state index contributed by atoms with van der Waals surface area (Å²) in [4.78, 5) is 15.2. The first kappa shape index (κ1) is 19.9. The van der Waals surface area contributed by atoms with Crippen LogP contribution in [0.25, 0.3) is 0 Å². The minimum Gasteiger partial charge on any atom is -0.361 e. The van der Waals surface area contributed by atoms with Crippen LogP contribution in [0.4, 0.5) is 5.69 Å². The Morgan fingerprint density at radius 3 is 2.68 bits per heavy atom. The summed E-state index contributed by atoms with van der Waals surface area (Å²) in [6.07, 6.45) is 0.246. The van der Waals surface area contributed by atoms with Crippen LogP contribution in [0.3, 0.4) is 0 Å². The number of hydrogen-bond donors (Lipinski definition) is 3. The molecule has 1 aliphatic rings. The standard InChI is InChI=1S/C20H33N3O2/c1-15(2)11-23-9-10-25-18(13-23)12-22(5)14-19(24)21-20-16(3)7-6-8-17(20)4/h6-8,15,18H,9-14H2,1-5H3,(H,21,24)/p+2/t18-/m1/s1. The quantitative estimate of drug-likeness (QED) is 0.633. The predicted octanol–water partition coefficient (Wildman–Crippen LogP) is -0.304. The molecule has 3 N–H and O–H groups in total. The van der Waals surface area contributed by atoms with Crippen LogP contribution in [0.2, 0.25) is 0 Å². The maximum atomic E-state index is 12.4. The molecular formula is C20H35N3O2+2. The van der Waals surface area contributed by atoms with Gasteiger partial charge in [0.15, 0.2) is 12.6 Å². The molecule has 1 aromatic carbocycles. The van der Waals surface area contributed by atoms with E-state index >= 15 is 0 Å². The molecule has 5 nitrogen and oxygen atoms in total. The molecule has 0 bridgehead atoms. The predicted molar refractivity (Wildman–Crippen MR) is 101 cm³/mol. The van der Waals surface area contributed by atoms with Crippen molar-refractivity contribution in [3.63, 3.8) is 0 Å². The summed E-state index contributed by atoms with van der Waals surface area (Å²) in [5.41, 5.74) is 3.16. The highest BCUT2D eigenvalue weighted by molar-refractivity contribution is 5.93. The summed E-state index contributed by atoms with van der Waals surface area (Å²) < 4.78 is 5.93. The highest BCUT2D eigenvalue weighted by atomic mass is 16.5. The number of quaternary nitrogens is 2. The molecule has 2 rings (SSSR count). The van der Waals surface area contributed by atoms with Crippen molar-refractivity contribution in [3.05, 3.63) is 29.3 Å². The first-order valence-electron chi connectivity index (χ1n) is 9.47. The van der Waals surface area contributed by atoms with E-state index in [1.54, 1.807) is 4.90 Å². The topological polar surface area (TPSA) is 47.2 Å². The van der Waals surface area contributed by atoms with E-state index < -0.39 is 0 Å². The van der Waals surface area contributed by atoms with E-state index in [0.29, 0.717) is 12.5 Å². The van der Waals surface area contributed by atoms with Crippen molar-refractivity contribution in [2.75, 3.05) is 51.7 Å². The zero-order chi connectivity index (χ0) is 18.4. The van der Waals surface area contributed by atoms with Gasteiger partial charge in [-0.25, -0.2) is 0 Å². The average molecular weight is 350 g/mol. The molecule has 5 heteroatoms. The molecule has 0 saturated carbocycles. The first-order valence-corrected chi connectivity index (χ1v) is 9.47. The third kappa shape index (κ3) is 6.42. The highest BCUT2D eigenvalue weighted by Gasteiger charge is 2.27. The second kappa shape index (κ2) is 9.32. The molecule has 0 spiro atoms. The fourth-order valence-corrected chi connectivity index (χ4v) is 3.68. The average Bonchev–Trinajstić information content (AvgIpc) is 2.50. The number of carbonyl (C=O) groups is 1. The van der Waals surface area contributed by atoms with Gasteiger partial charge in [-0.1, -0.05) is 32.0 Å². The number of amides is 1.